The third-order valence-electron chi connectivity index (χ3n) is 3.65. The highest BCUT2D eigenvalue weighted by Crippen LogP contribution is 2.25. The highest BCUT2D eigenvalue weighted by atomic mass is 19.2. The van der Waals surface area contributed by atoms with Crippen LogP contribution in [0.1, 0.15) is 5.56 Å². The van der Waals surface area contributed by atoms with Gasteiger partial charge in [0.1, 0.15) is 17.3 Å². The van der Waals surface area contributed by atoms with Crippen LogP contribution in [-0.4, -0.2) is 10.8 Å². The third kappa shape index (κ3) is 3.50. The Morgan fingerprint density at radius 3 is 2.42 bits per heavy atom. The van der Waals surface area contributed by atoms with E-state index in [-0.39, 0.29) is 28.7 Å². The summed E-state index contributed by atoms with van der Waals surface area (Å²) >= 11 is 0. The Morgan fingerprint density at radius 2 is 1.73 bits per heavy atom. The van der Waals surface area contributed by atoms with E-state index in [1.54, 1.807) is 18.2 Å². The van der Waals surface area contributed by atoms with Crippen molar-refractivity contribution in [2.45, 2.75) is 0 Å². The molecule has 2 aromatic carbocycles. The van der Waals surface area contributed by atoms with E-state index >= 15 is 0 Å². The number of benzene rings is 2. The average molecular weight is 357 g/mol. The van der Waals surface area contributed by atoms with Crippen LogP contribution in [0.3, 0.4) is 0 Å². The number of nitrogen functional groups attached to an aromatic ring is 1. The summed E-state index contributed by atoms with van der Waals surface area (Å²) in [7, 11) is 0. The number of hydrogen-bond acceptors (Lipinski definition) is 4. The van der Waals surface area contributed by atoms with E-state index in [2.05, 4.69) is 15.4 Å². The summed E-state index contributed by atoms with van der Waals surface area (Å²) in [6.45, 7) is 0. The molecule has 0 spiro atoms. The average Bonchev–Trinajstić information content (AvgIpc) is 2.64. The summed E-state index contributed by atoms with van der Waals surface area (Å²) in [6.07, 6.45) is 1.50. The predicted molar refractivity (Wildman–Crippen MR) is 93.9 cm³/mol. The fourth-order valence-electron chi connectivity index (χ4n) is 2.33. The fourth-order valence-corrected chi connectivity index (χ4v) is 2.33. The van der Waals surface area contributed by atoms with Crippen molar-refractivity contribution in [1.82, 2.24) is 10.4 Å². The fraction of sp³-hybridized carbons (Fsp3) is 0. The van der Waals surface area contributed by atoms with Crippen molar-refractivity contribution >= 4 is 17.3 Å². The highest BCUT2D eigenvalue weighted by Gasteiger charge is 2.13. The largest absolute Gasteiger partial charge is 0.383 e. The molecule has 3 aromatic rings. The molecule has 5 nitrogen and oxygen atoms in total. The number of halogens is 3. The maximum atomic E-state index is 13.9. The molecule has 1 aromatic heterocycles. The Balaban J connectivity index is 2.08. The standard InChI is InChI=1S/C18H14F3N5/c19-12-6-4-10(5-7-12)11-8-13(17(22)24-9-11)18(26-23)25-15-3-1-2-14(20)16(15)21/h1-9H,23H2,(H2,22,24)(H,25,26). The van der Waals surface area contributed by atoms with Gasteiger partial charge in [-0.1, -0.05) is 18.2 Å². The predicted octanol–water partition coefficient (Wildman–Crippen LogP) is 3.29. The van der Waals surface area contributed by atoms with Crippen LogP contribution in [0.4, 0.5) is 24.7 Å². The van der Waals surface area contributed by atoms with Gasteiger partial charge in [-0.25, -0.2) is 29.0 Å². The minimum absolute atomic E-state index is 0.00321. The maximum absolute atomic E-state index is 13.9. The van der Waals surface area contributed by atoms with Gasteiger partial charge in [0.05, 0.1) is 5.56 Å². The molecule has 0 aliphatic heterocycles. The van der Waals surface area contributed by atoms with Crippen LogP contribution in [0, 0.1) is 17.5 Å². The number of nitrogens with zero attached hydrogens (tertiary/aromatic N) is 2. The molecule has 26 heavy (non-hydrogen) atoms. The van der Waals surface area contributed by atoms with Gasteiger partial charge in [-0.3, -0.25) is 0 Å². The Bertz CT molecular complexity index is 971. The van der Waals surface area contributed by atoms with Crippen molar-refractivity contribution in [2.75, 3.05) is 5.73 Å². The second kappa shape index (κ2) is 7.24. The molecule has 0 fully saturated rings. The monoisotopic (exact) mass is 357 g/mol. The summed E-state index contributed by atoms with van der Waals surface area (Å²) in [5.74, 6) is 3.07. The van der Waals surface area contributed by atoms with Crippen molar-refractivity contribution in [1.29, 1.82) is 0 Å². The van der Waals surface area contributed by atoms with Gasteiger partial charge in [-0.05, 0) is 35.9 Å². The van der Waals surface area contributed by atoms with E-state index in [0.717, 1.165) is 6.07 Å². The lowest BCUT2D eigenvalue weighted by atomic mass is 10.0. The van der Waals surface area contributed by atoms with Crippen molar-refractivity contribution in [3.63, 3.8) is 0 Å². The maximum Gasteiger partial charge on any atom is 0.184 e. The lowest BCUT2D eigenvalue weighted by Gasteiger charge is -2.11. The van der Waals surface area contributed by atoms with E-state index in [1.165, 1.54) is 30.5 Å². The number of anilines is 1. The van der Waals surface area contributed by atoms with Crippen molar-refractivity contribution in [3.05, 3.63) is 77.7 Å². The van der Waals surface area contributed by atoms with Crippen LogP contribution in [0.2, 0.25) is 0 Å². The number of nitrogens with two attached hydrogens (primary N) is 2. The number of aliphatic imine (C=N–C) groups is 1. The van der Waals surface area contributed by atoms with Crippen LogP contribution in [0.5, 0.6) is 0 Å². The smallest absolute Gasteiger partial charge is 0.184 e. The first-order chi connectivity index (χ1) is 12.5. The van der Waals surface area contributed by atoms with E-state index in [0.29, 0.717) is 11.1 Å². The molecule has 8 heteroatoms. The van der Waals surface area contributed by atoms with Crippen molar-refractivity contribution in [2.24, 2.45) is 10.8 Å². The van der Waals surface area contributed by atoms with Crippen LogP contribution >= 0.6 is 0 Å². The molecule has 5 N–H and O–H groups in total. The van der Waals surface area contributed by atoms with Gasteiger partial charge in [-0.2, -0.15) is 0 Å². The Kier molecular flexibility index (Phi) is 4.85. The Morgan fingerprint density at radius 1 is 1.00 bits per heavy atom. The molecule has 0 amide bonds. The van der Waals surface area contributed by atoms with Crippen LogP contribution in [0.15, 0.2) is 59.7 Å². The highest BCUT2D eigenvalue weighted by molar-refractivity contribution is 6.04. The minimum Gasteiger partial charge on any atom is -0.383 e. The molecule has 0 saturated heterocycles. The quantitative estimate of drug-likeness (QED) is 0.290. The summed E-state index contributed by atoms with van der Waals surface area (Å²) in [5.41, 5.74) is 9.55. The lowest BCUT2D eigenvalue weighted by molar-refractivity contribution is 0.510. The van der Waals surface area contributed by atoms with E-state index in [4.69, 9.17) is 11.6 Å². The number of hydrazine groups is 1. The Hall–Kier alpha value is -3.39. The van der Waals surface area contributed by atoms with Gasteiger partial charge >= 0.3 is 0 Å². The van der Waals surface area contributed by atoms with E-state index in [9.17, 15) is 13.2 Å². The third-order valence-corrected chi connectivity index (χ3v) is 3.65. The van der Waals surface area contributed by atoms with E-state index < -0.39 is 11.6 Å². The Labute approximate surface area is 147 Å². The zero-order valence-corrected chi connectivity index (χ0v) is 13.4. The SMILES string of the molecule is NNC(=Nc1cccc(F)c1F)c1cc(-c2ccc(F)cc2)cnc1N. The molecule has 0 atom stereocenters. The molecule has 132 valence electrons. The molecule has 0 aliphatic rings. The number of pyridine rings is 1. The molecule has 3 rings (SSSR count). The first-order valence-corrected chi connectivity index (χ1v) is 7.50. The number of rotatable bonds is 3. The second-order valence-electron chi connectivity index (χ2n) is 5.34. The van der Waals surface area contributed by atoms with Crippen molar-refractivity contribution in [3.8, 4) is 11.1 Å². The molecular weight excluding hydrogens is 343 g/mol. The van der Waals surface area contributed by atoms with Crippen molar-refractivity contribution < 1.29 is 13.2 Å². The molecular formula is C18H14F3N5. The van der Waals surface area contributed by atoms with Gasteiger partial charge < -0.3 is 11.2 Å². The van der Waals surface area contributed by atoms with Gasteiger partial charge in [0.15, 0.2) is 17.5 Å². The molecule has 0 bridgehead atoms. The van der Waals surface area contributed by atoms with Gasteiger partial charge in [-0.15, -0.1) is 0 Å². The molecule has 0 unspecified atom stereocenters. The van der Waals surface area contributed by atoms with Crippen LogP contribution < -0.4 is 17.0 Å². The van der Waals surface area contributed by atoms with Crippen LogP contribution in [-0.2, 0) is 0 Å². The first-order valence-electron chi connectivity index (χ1n) is 7.50. The molecule has 0 saturated carbocycles. The number of nitrogens with one attached hydrogen (secondary N) is 1. The normalized spacial score (nSPS) is 11.5. The molecule has 0 radical (unpaired) electrons. The topological polar surface area (TPSA) is 89.3 Å². The summed E-state index contributed by atoms with van der Waals surface area (Å²) < 4.78 is 40.3. The lowest BCUT2D eigenvalue weighted by Crippen LogP contribution is -2.31. The van der Waals surface area contributed by atoms with Crippen LogP contribution in [0.25, 0.3) is 11.1 Å². The zero-order chi connectivity index (χ0) is 18.7. The zero-order valence-electron chi connectivity index (χ0n) is 13.4. The van der Waals surface area contributed by atoms with Gasteiger partial charge in [0.2, 0.25) is 0 Å². The van der Waals surface area contributed by atoms with E-state index in [1.807, 2.05) is 0 Å². The molecule has 1 heterocycles. The summed E-state index contributed by atoms with van der Waals surface area (Å²) in [6, 6.07) is 11.0. The minimum atomic E-state index is -1.11. The first kappa shape index (κ1) is 17.4. The molecule has 0 aliphatic carbocycles. The number of hydrogen-bond donors (Lipinski definition) is 3. The second-order valence-corrected chi connectivity index (χ2v) is 5.34. The van der Waals surface area contributed by atoms with Gasteiger partial charge in [0.25, 0.3) is 0 Å². The number of aromatic nitrogens is 1. The summed E-state index contributed by atoms with van der Waals surface area (Å²) in [4.78, 5) is 8.07. The summed E-state index contributed by atoms with van der Waals surface area (Å²) in [5, 5.41) is 0. The van der Waals surface area contributed by atoms with Gasteiger partial charge in [0, 0.05) is 11.8 Å². The number of amidine groups is 1.